The Labute approximate surface area is 115 Å². The largest absolute Gasteiger partial charge is 0.398 e. The van der Waals surface area contributed by atoms with E-state index in [1.54, 1.807) is 6.07 Å². The van der Waals surface area contributed by atoms with E-state index in [-0.39, 0.29) is 5.91 Å². The van der Waals surface area contributed by atoms with Gasteiger partial charge in [0.1, 0.15) is 0 Å². The Hall–Kier alpha value is -1.51. The molecule has 2 atom stereocenters. The number of nitrogen functional groups attached to an aromatic ring is 1. The van der Waals surface area contributed by atoms with Crippen LogP contribution in [-0.4, -0.2) is 12.5 Å². The Balaban J connectivity index is 1.95. The first-order valence-corrected chi connectivity index (χ1v) is 7.22. The summed E-state index contributed by atoms with van der Waals surface area (Å²) in [6.45, 7) is 5.03. The van der Waals surface area contributed by atoms with Crippen LogP contribution in [0, 0.1) is 18.8 Å². The SMILES string of the molecule is Cc1ccc(N)c(C(=O)NCC2CCCCC2C)c1. The summed E-state index contributed by atoms with van der Waals surface area (Å²) in [5.74, 6) is 1.28. The van der Waals surface area contributed by atoms with Gasteiger partial charge in [0.25, 0.3) is 5.91 Å². The first-order chi connectivity index (χ1) is 9.08. The third kappa shape index (κ3) is 3.49. The molecular weight excluding hydrogens is 236 g/mol. The molecule has 1 amide bonds. The molecule has 1 saturated carbocycles. The smallest absolute Gasteiger partial charge is 0.253 e. The van der Waals surface area contributed by atoms with E-state index in [9.17, 15) is 4.79 Å². The van der Waals surface area contributed by atoms with E-state index in [0.717, 1.165) is 12.1 Å². The van der Waals surface area contributed by atoms with Gasteiger partial charge in [0.2, 0.25) is 0 Å². The Bertz CT molecular complexity index is 456. The Morgan fingerprint density at radius 2 is 2.11 bits per heavy atom. The highest BCUT2D eigenvalue weighted by Crippen LogP contribution is 2.29. The molecule has 1 fully saturated rings. The first kappa shape index (κ1) is 13.9. The van der Waals surface area contributed by atoms with Crippen LogP contribution in [0.4, 0.5) is 5.69 Å². The van der Waals surface area contributed by atoms with Crippen LogP contribution < -0.4 is 11.1 Å². The molecule has 3 heteroatoms. The molecule has 19 heavy (non-hydrogen) atoms. The topological polar surface area (TPSA) is 55.1 Å². The van der Waals surface area contributed by atoms with Crippen LogP contribution in [0.25, 0.3) is 0 Å². The highest BCUT2D eigenvalue weighted by Gasteiger charge is 2.22. The number of nitrogens with two attached hydrogens (primary N) is 1. The summed E-state index contributed by atoms with van der Waals surface area (Å²) < 4.78 is 0. The van der Waals surface area contributed by atoms with Gasteiger partial charge in [-0.25, -0.2) is 0 Å². The van der Waals surface area contributed by atoms with Gasteiger partial charge < -0.3 is 11.1 Å². The standard InChI is InChI=1S/C16H24N2O/c1-11-7-8-15(17)14(9-11)16(19)18-10-13-6-4-3-5-12(13)2/h7-9,12-13H,3-6,10,17H2,1-2H3,(H,18,19). The molecule has 0 radical (unpaired) electrons. The van der Waals surface area contributed by atoms with E-state index in [4.69, 9.17) is 5.73 Å². The highest BCUT2D eigenvalue weighted by molar-refractivity contribution is 5.99. The summed E-state index contributed by atoms with van der Waals surface area (Å²) in [4.78, 5) is 12.2. The van der Waals surface area contributed by atoms with Gasteiger partial charge >= 0.3 is 0 Å². The van der Waals surface area contributed by atoms with E-state index in [2.05, 4.69) is 12.2 Å². The molecule has 0 spiro atoms. The number of hydrogen-bond donors (Lipinski definition) is 2. The normalized spacial score (nSPS) is 23.1. The minimum absolute atomic E-state index is 0.0426. The zero-order chi connectivity index (χ0) is 13.8. The second kappa shape index (κ2) is 6.09. The van der Waals surface area contributed by atoms with E-state index in [1.807, 2.05) is 19.1 Å². The molecule has 2 unspecified atom stereocenters. The fourth-order valence-corrected chi connectivity index (χ4v) is 2.88. The molecule has 1 aromatic rings. The van der Waals surface area contributed by atoms with E-state index < -0.39 is 0 Å². The molecule has 1 aromatic carbocycles. The van der Waals surface area contributed by atoms with Gasteiger partial charge in [-0.05, 0) is 37.3 Å². The van der Waals surface area contributed by atoms with E-state index in [1.165, 1.54) is 25.7 Å². The summed E-state index contributed by atoms with van der Waals surface area (Å²) >= 11 is 0. The maximum atomic E-state index is 12.2. The van der Waals surface area contributed by atoms with Crippen molar-refractivity contribution >= 4 is 11.6 Å². The lowest BCUT2D eigenvalue weighted by molar-refractivity contribution is 0.0937. The molecule has 0 heterocycles. The zero-order valence-corrected chi connectivity index (χ0v) is 11.9. The van der Waals surface area contributed by atoms with Crippen LogP contribution in [0.1, 0.15) is 48.5 Å². The number of hydrogen-bond acceptors (Lipinski definition) is 2. The molecule has 3 nitrogen and oxygen atoms in total. The number of amides is 1. The van der Waals surface area contributed by atoms with Crippen LogP contribution in [0.2, 0.25) is 0 Å². The molecule has 2 rings (SSSR count). The lowest BCUT2D eigenvalue weighted by Crippen LogP contribution is -2.33. The van der Waals surface area contributed by atoms with E-state index >= 15 is 0 Å². The third-order valence-electron chi connectivity index (χ3n) is 4.27. The molecule has 0 saturated heterocycles. The van der Waals surface area contributed by atoms with Gasteiger partial charge in [-0.3, -0.25) is 4.79 Å². The van der Waals surface area contributed by atoms with Crippen molar-refractivity contribution in [2.45, 2.75) is 39.5 Å². The van der Waals surface area contributed by atoms with Crippen molar-refractivity contribution in [2.24, 2.45) is 11.8 Å². The van der Waals surface area contributed by atoms with Gasteiger partial charge in [-0.15, -0.1) is 0 Å². The van der Waals surface area contributed by atoms with Crippen molar-refractivity contribution in [2.75, 3.05) is 12.3 Å². The second-order valence-electron chi connectivity index (χ2n) is 5.82. The minimum atomic E-state index is -0.0426. The Morgan fingerprint density at radius 3 is 2.84 bits per heavy atom. The fraction of sp³-hybridized carbons (Fsp3) is 0.562. The molecule has 0 bridgehead atoms. The molecule has 0 aromatic heterocycles. The van der Waals surface area contributed by atoms with Crippen LogP contribution in [0.5, 0.6) is 0 Å². The molecule has 0 aliphatic heterocycles. The molecule has 104 valence electrons. The van der Waals surface area contributed by atoms with Gasteiger partial charge in [-0.1, -0.05) is 37.8 Å². The zero-order valence-electron chi connectivity index (χ0n) is 11.9. The minimum Gasteiger partial charge on any atom is -0.398 e. The fourth-order valence-electron chi connectivity index (χ4n) is 2.88. The molecule has 3 N–H and O–H groups in total. The van der Waals surface area contributed by atoms with Crippen LogP contribution >= 0.6 is 0 Å². The molecular formula is C16H24N2O. The number of nitrogens with one attached hydrogen (secondary N) is 1. The summed E-state index contributed by atoms with van der Waals surface area (Å²) in [5, 5.41) is 3.05. The van der Waals surface area contributed by atoms with Crippen molar-refractivity contribution in [3.8, 4) is 0 Å². The lowest BCUT2D eigenvalue weighted by Gasteiger charge is -2.28. The van der Waals surface area contributed by atoms with Crippen molar-refractivity contribution < 1.29 is 4.79 Å². The summed E-state index contributed by atoms with van der Waals surface area (Å²) in [5.41, 5.74) is 8.08. The van der Waals surface area contributed by atoms with Crippen LogP contribution in [-0.2, 0) is 0 Å². The second-order valence-corrected chi connectivity index (χ2v) is 5.82. The van der Waals surface area contributed by atoms with Crippen molar-refractivity contribution in [1.29, 1.82) is 0 Å². The number of rotatable bonds is 3. The maximum Gasteiger partial charge on any atom is 0.253 e. The average Bonchev–Trinajstić information content (AvgIpc) is 2.40. The van der Waals surface area contributed by atoms with Crippen LogP contribution in [0.3, 0.4) is 0 Å². The van der Waals surface area contributed by atoms with Gasteiger partial charge in [0.05, 0.1) is 5.56 Å². The summed E-state index contributed by atoms with van der Waals surface area (Å²) in [6, 6.07) is 5.58. The van der Waals surface area contributed by atoms with Crippen molar-refractivity contribution in [1.82, 2.24) is 5.32 Å². The lowest BCUT2D eigenvalue weighted by atomic mass is 9.80. The first-order valence-electron chi connectivity index (χ1n) is 7.22. The van der Waals surface area contributed by atoms with Crippen LogP contribution in [0.15, 0.2) is 18.2 Å². The number of anilines is 1. The quantitative estimate of drug-likeness (QED) is 0.820. The Kier molecular flexibility index (Phi) is 4.46. The van der Waals surface area contributed by atoms with Gasteiger partial charge in [-0.2, -0.15) is 0 Å². The number of carbonyl (C=O) groups is 1. The highest BCUT2D eigenvalue weighted by atomic mass is 16.1. The third-order valence-corrected chi connectivity index (χ3v) is 4.27. The van der Waals surface area contributed by atoms with Crippen molar-refractivity contribution in [3.05, 3.63) is 29.3 Å². The molecule has 1 aliphatic carbocycles. The maximum absolute atomic E-state index is 12.2. The molecule has 1 aliphatic rings. The summed E-state index contributed by atoms with van der Waals surface area (Å²) in [6.07, 6.45) is 5.13. The number of aryl methyl sites for hydroxylation is 1. The monoisotopic (exact) mass is 260 g/mol. The van der Waals surface area contributed by atoms with Gasteiger partial charge in [0.15, 0.2) is 0 Å². The van der Waals surface area contributed by atoms with Crippen molar-refractivity contribution in [3.63, 3.8) is 0 Å². The van der Waals surface area contributed by atoms with E-state index in [0.29, 0.717) is 23.1 Å². The summed E-state index contributed by atoms with van der Waals surface area (Å²) in [7, 11) is 0. The predicted octanol–water partition coefficient (Wildman–Crippen LogP) is 3.13. The predicted molar refractivity (Wildman–Crippen MR) is 79.0 cm³/mol. The van der Waals surface area contributed by atoms with Gasteiger partial charge in [0, 0.05) is 12.2 Å². The average molecular weight is 260 g/mol. The number of benzene rings is 1. The Morgan fingerprint density at radius 1 is 1.37 bits per heavy atom. The number of carbonyl (C=O) groups excluding carboxylic acids is 1.